The Kier molecular flexibility index (Phi) is 3.31. The monoisotopic (exact) mass is 350 g/mol. The van der Waals surface area contributed by atoms with E-state index in [9.17, 15) is 4.79 Å². The van der Waals surface area contributed by atoms with Crippen LogP contribution in [-0.2, 0) is 0 Å². The number of fused-ring (bicyclic) bond motifs is 1. The van der Waals surface area contributed by atoms with Crippen LogP contribution in [-0.4, -0.2) is 39.5 Å². The summed E-state index contributed by atoms with van der Waals surface area (Å²) in [4.78, 5) is 18.7. The van der Waals surface area contributed by atoms with E-state index in [1.54, 1.807) is 23.5 Å². The first kappa shape index (κ1) is 13.3. The van der Waals surface area contributed by atoms with Gasteiger partial charge >= 0.3 is 0 Å². The van der Waals surface area contributed by atoms with Gasteiger partial charge in [-0.05, 0) is 28.1 Å². The molecule has 0 fully saturated rings. The molecule has 0 unspecified atom stereocenters. The van der Waals surface area contributed by atoms with Crippen LogP contribution >= 0.6 is 27.3 Å². The van der Waals surface area contributed by atoms with E-state index >= 15 is 0 Å². The zero-order chi connectivity index (χ0) is 14.3. The molecule has 0 aliphatic carbocycles. The molecule has 0 aliphatic rings. The number of imidazole rings is 1. The third-order valence-electron chi connectivity index (χ3n) is 2.85. The number of aromatic nitrogens is 3. The summed E-state index contributed by atoms with van der Waals surface area (Å²) >= 11 is 4.80. The molecule has 7 heteroatoms. The maximum Gasteiger partial charge on any atom is 0.253 e. The van der Waals surface area contributed by atoms with Crippen LogP contribution in [0.25, 0.3) is 16.2 Å². The Bertz CT molecular complexity index is 744. The number of carbonyl (C=O) groups is 1. The van der Waals surface area contributed by atoms with Crippen LogP contribution in [0.3, 0.4) is 0 Å². The van der Waals surface area contributed by atoms with Gasteiger partial charge in [0.2, 0.25) is 4.96 Å². The first-order valence-corrected chi connectivity index (χ1v) is 7.49. The molecule has 0 saturated carbocycles. The Morgan fingerprint density at radius 1 is 1.30 bits per heavy atom. The highest BCUT2D eigenvalue weighted by Crippen LogP contribution is 2.24. The highest BCUT2D eigenvalue weighted by Gasteiger charge is 2.10. The van der Waals surface area contributed by atoms with Gasteiger partial charge in [-0.3, -0.25) is 4.79 Å². The van der Waals surface area contributed by atoms with E-state index in [1.165, 1.54) is 11.3 Å². The van der Waals surface area contributed by atoms with E-state index in [-0.39, 0.29) is 5.91 Å². The van der Waals surface area contributed by atoms with Gasteiger partial charge in [-0.15, -0.1) is 5.10 Å². The molecule has 20 heavy (non-hydrogen) atoms. The second-order valence-corrected chi connectivity index (χ2v) is 6.72. The lowest BCUT2D eigenvalue weighted by Crippen LogP contribution is -2.21. The molecule has 5 nitrogen and oxygen atoms in total. The Balaban J connectivity index is 1.94. The first-order chi connectivity index (χ1) is 9.54. The second kappa shape index (κ2) is 4.99. The zero-order valence-corrected chi connectivity index (χ0v) is 13.3. The van der Waals surface area contributed by atoms with Crippen molar-refractivity contribution in [1.29, 1.82) is 0 Å². The number of rotatable bonds is 2. The van der Waals surface area contributed by atoms with Gasteiger partial charge in [0.15, 0.2) is 3.92 Å². The summed E-state index contributed by atoms with van der Waals surface area (Å²) in [6.07, 6.45) is 1.87. The normalized spacial score (nSPS) is 10.9. The second-order valence-electron chi connectivity index (χ2n) is 4.49. The van der Waals surface area contributed by atoms with Crippen molar-refractivity contribution in [3.63, 3.8) is 0 Å². The molecule has 3 rings (SSSR count). The van der Waals surface area contributed by atoms with Gasteiger partial charge in [-0.1, -0.05) is 23.5 Å². The number of amides is 1. The van der Waals surface area contributed by atoms with Crippen LogP contribution in [0.4, 0.5) is 0 Å². The maximum atomic E-state index is 11.8. The molecule has 102 valence electrons. The van der Waals surface area contributed by atoms with Crippen molar-refractivity contribution < 1.29 is 4.79 Å². The van der Waals surface area contributed by atoms with E-state index in [0.717, 1.165) is 20.1 Å². The lowest BCUT2D eigenvalue weighted by Gasteiger charge is -2.10. The Morgan fingerprint density at radius 2 is 2.00 bits per heavy atom. The Labute approximate surface area is 128 Å². The van der Waals surface area contributed by atoms with Gasteiger partial charge in [0.05, 0.1) is 11.9 Å². The van der Waals surface area contributed by atoms with Crippen molar-refractivity contribution in [3.05, 3.63) is 39.9 Å². The van der Waals surface area contributed by atoms with E-state index in [2.05, 4.69) is 26.0 Å². The number of hydrogen-bond acceptors (Lipinski definition) is 4. The standard InChI is InChI=1S/C13H11BrN4OS/c1-17(2)11(19)9-5-3-8(4-6-9)10-7-18-13(15-10)20-12(14)16-18/h3-7H,1-2H3. The molecule has 2 heterocycles. The van der Waals surface area contributed by atoms with E-state index in [4.69, 9.17) is 0 Å². The summed E-state index contributed by atoms with van der Waals surface area (Å²) in [5, 5.41) is 4.26. The number of nitrogens with zero attached hydrogens (tertiary/aromatic N) is 4. The van der Waals surface area contributed by atoms with Gasteiger partial charge in [0.1, 0.15) is 0 Å². The highest BCUT2D eigenvalue weighted by molar-refractivity contribution is 9.11. The van der Waals surface area contributed by atoms with Crippen LogP contribution in [0, 0.1) is 0 Å². The van der Waals surface area contributed by atoms with Gasteiger partial charge < -0.3 is 4.90 Å². The molecule has 1 aromatic carbocycles. The van der Waals surface area contributed by atoms with E-state index in [0.29, 0.717) is 5.56 Å². The average Bonchev–Trinajstić information content (AvgIpc) is 2.95. The van der Waals surface area contributed by atoms with Gasteiger partial charge in [0, 0.05) is 25.2 Å². The number of carbonyl (C=O) groups excluding carboxylic acids is 1. The van der Waals surface area contributed by atoms with Crippen LogP contribution < -0.4 is 0 Å². The fourth-order valence-corrected chi connectivity index (χ4v) is 3.07. The molecule has 0 bridgehead atoms. The number of hydrogen-bond donors (Lipinski definition) is 0. The molecule has 0 N–H and O–H groups in total. The fraction of sp³-hybridized carbons (Fsp3) is 0.154. The van der Waals surface area contributed by atoms with E-state index in [1.807, 2.05) is 30.5 Å². The number of halogens is 1. The Hall–Kier alpha value is -1.73. The number of benzene rings is 1. The third kappa shape index (κ3) is 2.34. The first-order valence-electron chi connectivity index (χ1n) is 5.88. The predicted octanol–water partition coefficient (Wildman–Crippen LogP) is 2.92. The van der Waals surface area contributed by atoms with Gasteiger partial charge in [0.25, 0.3) is 5.91 Å². The molecular weight excluding hydrogens is 340 g/mol. The average molecular weight is 351 g/mol. The van der Waals surface area contributed by atoms with Crippen molar-refractivity contribution in [3.8, 4) is 11.3 Å². The van der Waals surface area contributed by atoms with Crippen molar-refractivity contribution in [2.75, 3.05) is 14.1 Å². The minimum Gasteiger partial charge on any atom is -0.345 e. The summed E-state index contributed by atoms with van der Waals surface area (Å²) in [6.45, 7) is 0. The minimum absolute atomic E-state index is 0.00651. The molecule has 0 atom stereocenters. The predicted molar refractivity (Wildman–Crippen MR) is 82.0 cm³/mol. The highest BCUT2D eigenvalue weighted by atomic mass is 79.9. The molecule has 3 aromatic rings. The largest absolute Gasteiger partial charge is 0.345 e. The van der Waals surface area contributed by atoms with Gasteiger partial charge in [-0.25, -0.2) is 9.50 Å². The smallest absolute Gasteiger partial charge is 0.253 e. The molecule has 0 radical (unpaired) electrons. The Morgan fingerprint density at radius 3 is 2.60 bits per heavy atom. The lowest BCUT2D eigenvalue weighted by molar-refractivity contribution is 0.0827. The van der Waals surface area contributed by atoms with Crippen LogP contribution in [0.2, 0.25) is 0 Å². The molecule has 2 aromatic heterocycles. The molecule has 0 aliphatic heterocycles. The lowest BCUT2D eigenvalue weighted by atomic mass is 10.1. The van der Waals surface area contributed by atoms with Crippen molar-refractivity contribution >= 4 is 38.1 Å². The van der Waals surface area contributed by atoms with Crippen LogP contribution in [0.15, 0.2) is 34.4 Å². The van der Waals surface area contributed by atoms with Crippen molar-refractivity contribution in [2.24, 2.45) is 0 Å². The topological polar surface area (TPSA) is 50.5 Å². The molecular formula is C13H11BrN4OS. The van der Waals surface area contributed by atoms with Crippen LogP contribution in [0.1, 0.15) is 10.4 Å². The van der Waals surface area contributed by atoms with E-state index < -0.39 is 0 Å². The quantitative estimate of drug-likeness (QED) is 0.713. The summed E-state index contributed by atoms with van der Waals surface area (Å²) in [5.74, 6) is -0.00651. The SMILES string of the molecule is CN(C)C(=O)c1ccc(-c2cn3nc(Br)sc3n2)cc1. The summed E-state index contributed by atoms with van der Waals surface area (Å²) in [6, 6.07) is 7.43. The summed E-state index contributed by atoms with van der Waals surface area (Å²) in [7, 11) is 3.48. The minimum atomic E-state index is -0.00651. The summed E-state index contributed by atoms with van der Waals surface area (Å²) in [5.41, 5.74) is 2.48. The molecule has 0 spiro atoms. The maximum absolute atomic E-state index is 11.8. The molecule has 1 amide bonds. The van der Waals surface area contributed by atoms with Crippen molar-refractivity contribution in [2.45, 2.75) is 0 Å². The zero-order valence-electron chi connectivity index (χ0n) is 10.9. The fourth-order valence-electron chi connectivity index (χ4n) is 1.86. The summed E-state index contributed by atoms with van der Waals surface area (Å²) < 4.78 is 2.54. The van der Waals surface area contributed by atoms with Gasteiger partial charge in [-0.2, -0.15) is 0 Å². The van der Waals surface area contributed by atoms with Crippen molar-refractivity contribution in [1.82, 2.24) is 19.5 Å². The molecule has 0 saturated heterocycles. The third-order valence-corrected chi connectivity index (χ3v) is 4.21. The van der Waals surface area contributed by atoms with Crippen LogP contribution in [0.5, 0.6) is 0 Å².